The van der Waals surface area contributed by atoms with E-state index in [1.165, 1.54) is 22.3 Å². The molecule has 0 aliphatic rings. The largest absolute Gasteiger partial charge is 0.500 e. The second-order valence-electron chi connectivity index (χ2n) is 12.5. The van der Waals surface area contributed by atoms with Gasteiger partial charge >= 0.3 is 0 Å². The first-order valence-corrected chi connectivity index (χ1v) is 14.6. The minimum Gasteiger partial charge on any atom is -0.500 e. The maximum atomic E-state index is 6.39. The molecule has 4 nitrogen and oxygen atoms in total. The summed E-state index contributed by atoms with van der Waals surface area (Å²) in [6.07, 6.45) is 8.47. The molecule has 223 valence electrons. The Morgan fingerprint density at radius 1 is 0.727 bits per heavy atom. The number of aromatic nitrogens is 3. The molecule has 0 aliphatic heterocycles. The number of hydrogen-bond acceptors (Lipinski definition) is 4. The van der Waals surface area contributed by atoms with Crippen LogP contribution in [0.3, 0.4) is 0 Å². The Labute approximate surface area is 273 Å². The van der Waals surface area contributed by atoms with E-state index in [0.717, 1.165) is 61.6 Å². The molecule has 7 aromatic rings. The van der Waals surface area contributed by atoms with Gasteiger partial charge in [-0.25, -0.2) is 0 Å². The van der Waals surface area contributed by atoms with E-state index in [1.807, 2.05) is 36.8 Å². The summed E-state index contributed by atoms with van der Waals surface area (Å²) in [5.41, 5.74) is 10.8. The van der Waals surface area contributed by atoms with Crippen molar-refractivity contribution in [3.63, 3.8) is 0 Å². The summed E-state index contributed by atoms with van der Waals surface area (Å²) >= 11 is 0. The first-order chi connectivity index (χ1) is 20.7. The molecule has 4 aromatic heterocycles. The van der Waals surface area contributed by atoms with Gasteiger partial charge in [0.15, 0.2) is 0 Å². The van der Waals surface area contributed by atoms with Crippen LogP contribution in [0.15, 0.2) is 95.9 Å². The number of benzene rings is 3. The van der Waals surface area contributed by atoms with E-state index in [9.17, 15) is 0 Å². The van der Waals surface area contributed by atoms with Gasteiger partial charge in [0.1, 0.15) is 5.58 Å². The molecule has 3 aromatic carbocycles. The van der Waals surface area contributed by atoms with E-state index >= 15 is 0 Å². The van der Waals surface area contributed by atoms with Crippen LogP contribution in [0.1, 0.15) is 43.0 Å². The zero-order valence-corrected chi connectivity index (χ0v) is 28.3. The number of hydrogen-bond donors (Lipinski definition) is 0. The molecule has 0 N–H and O–H groups in total. The van der Waals surface area contributed by atoms with Gasteiger partial charge in [0.25, 0.3) is 0 Å². The van der Waals surface area contributed by atoms with Gasteiger partial charge in [-0.3, -0.25) is 4.98 Å². The molecule has 0 spiro atoms. The second kappa shape index (κ2) is 12.8. The van der Waals surface area contributed by atoms with E-state index in [0.29, 0.717) is 0 Å². The number of aryl methyl sites for hydroxylation is 3. The van der Waals surface area contributed by atoms with Gasteiger partial charge in [-0.2, -0.15) is 0 Å². The summed E-state index contributed by atoms with van der Waals surface area (Å²) in [5, 5.41) is 4.34. The molecule has 0 saturated heterocycles. The van der Waals surface area contributed by atoms with E-state index in [4.69, 9.17) is 4.42 Å². The van der Waals surface area contributed by atoms with Gasteiger partial charge < -0.3 is 14.4 Å². The van der Waals surface area contributed by atoms with Crippen LogP contribution in [0.25, 0.3) is 55.2 Å². The fourth-order valence-electron chi connectivity index (χ4n) is 5.32. The van der Waals surface area contributed by atoms with Crippen LogP contribution in [-0.2, 0) is 26.5 Å². The fourth-order valence-corrected chi connectivity index (χ4v) is 5.32. The SMILES string of the molecule is CC(C)(C)Cc1ccnc(-c2[c-]ccc3c2oc2c4ccncc4ccc32)c1.Cc1c[c-]c(-c2cc(C)c(C)cn2)cc1.[Ir]. The van der Waals surface area contributed by atoms with Crippen molar-refractivity contribution in [3.05, 3.63) is 126 Å². The molecule has 0 amide bonds. The number of fused-ring (bicyclic) bond motifs is 5. The second-order valence-corrected chi connectivity index (χ2v) is 12.5. The van der Waals surface area contributed by atoms with E-state index in [1.54, 1.807) is 6.20 Å². The van der Waals surface area contributed by atoms with Crippen molar-refractivity contribution >= 4 is 32.7 Å². The first kappa shape index (κ1) is 31.3. The molecule has 7 rings (SSSR count). The molecule has 0 unspecified atom stereocenters. The first-order valence-electron chi connectivity index (χ1n) is 14.6. The van der Waals surface area contributed by atoms with Crippen LogP contribution in [0, 0.1) is 38.3 Å². The Bertz CT molecular complexity index is 2070. The predicted octanol–water partition coefficient (Wildman–Crippen LogP) is 10.1. The Hall–Kier alpha value is -4.18. The monoisotopic (exact) mass is 754 g/mol. The van der Waals surface area contributed by atoms with Crippen LogP contribution >= 0.6 is 0 Å². The molecule has 0 bridgehead atoms. The van der Waals surface area contributed by atoms with E-state index < -0.39 is 0 Å². The van der Waals surface area contributed by atoms with E-state index in [-0.39, 0.29) is 25.5 Å². The fraction of sp³-hybridized carbons (Fsp3) is 0.205. The standard InChI is InChI=1S/C25H21N2O.C14H14N.Ir/c1-25(2,3)14-16-9-12-27-22(13-16)21-6-4-5-19-20-8-7-17-15-26-11-10-18(17)23(20)28-24(19)21;1-10-4-6-13(7-5-10)14-8-11(2)12(3)9-15-14;/h4-5,7-13,15H,14H2,1-3H3;4-6,8-9H,1-3H3;/q2*-1;. The van der Waals surface area contributed by atoms with Gasteiger partial charge in [-0.05, 0) is 54.8 Å². The van der Waals surface area contributed by atoms with E-state index in [2.05, 4.69) is 117 Å². The summed E-state index contributed by atoms with van der Waals surface area (Å²) in [6.45, 7) is 13.0. The zero-order chi connectivity index (χ0) is 30.1. The van der Waals surface area contributed by atoms with Crippen molar-refractivity contribution in [2.45, 2.75) is 48.0 Å². The third kappa shape index (κ3) is 6.65. The smallest absolute Gasteiger partial charge is 0.128 e. The predicted molar refractivity (Wildman–Crippen MR) is 177 cm³/mol. The van der Waals surface area contributed by atoms with Crippen LogP contribution in [0.5, 0.6) is 0 Å². The topological polar surface area (TPSA) is 51.8 Å². The molecule has 44 heavy (non-hydrogen) atoms. The van der Waals surface area contributed by atoms with Crippen molar-refractivity contribution < 1.29 is 24.5 Å². The average molecular weight is 754 g/mol. The Morgan fingerprint density at radius 2 is 1.55 bits per heavy atom. The molecular formula is C39H35IrN3O-2. The molecule has 5 heteroatoms. The van der Waals surface area contributed by atoms with Gasteiger partial charge in [0.05, 0.1) is 5.58 Å². The van der Waals surface area contributed by atoms with Crippen LogP contribution < -0.4 is 0 Å². The molecule has 0 fully saturated rings. The number of rotatable bonds is 3. The maximum absolute atomic E-state index is 6.39. The minimum absolute atomic E-state index is 0. The summed E-state index contributed by atoms with van der Waals surface area (Å²) in [5.74, 6) is 0. The molecule has 0 atom stereocenters. The van der Waals surface area contributed by atoms with Crippen LogP contribution in [0.4, 0.5) is 0 Å². The Morgan fingerprint density at radius 3 is 2.30 bits per heavy atom. The molecular weight excluding hydrogens is 719 g/mol. The summed E-state index contributed by atoms with van der Waals surface area (Å²) in [4.78, 5) is 13.2. The Kier molecular flexibility index (Phi) is 9.10. The van der Waals surface area contributed by atoms with Gasteiger partial charge in [0, 0.05) is 61.1 Å². The zero-order valence-electron chi connectivity index (χ0n) is 26.0. The van der Waals surface area contributed by atoms with Crippen molar-refractivity contribution in [3.8, 4) is 22.5 Å². The van der Waals surface area contributed by atoms with Crippen molar-refractivity contribution in [1.82, 2.24) is 15.0 Å². The number of pyridine rings is 3. The average Bonchev–Trinajstić information content (AvgIpc) is 3.38. The van der Waals surface area contributed by atoms with Gasteiger partial charge in [0.2, 0.25) is 0 Å². The summed E-state index contributed by atoms with van der Waals surface area (Å²) < 4.78 is 6.39. The van der Waals surface area contributed by atoms with Crippen molar-refractivity contribution in [1.29, 1.82) is 0 Å². The molecule has 1 radical (unpaired) electrons. The number of furan rings is 1. The molecule has 4 heterocycles. The quantitative estimate of drug-likeness (QED) is 0.169. The molecule has 0 aliphatic carbocycles. The van der Waals surface area contributed by atoms with Gasteiger partial charge in [-0.1, -0.05) is 74.0 Å². The number of nitrogens with zero attached hydrogens (tertiary/aromatic N) is 3. The maximum Gasteiger partial charge on any atom is 0.128 e. The van der Waals surface area contributed by atoms with Gasteiger partial charge in [-0.15, -0.1) is 53.6 Å². The summed E-state index contributed by atoms with van der Waals surface area (Å²) in [6, 6.07) is 29.3. The molecule has 0 saturated carbocycles. The van der Waals surface area contributed by atoms with Crippen molar-refractivity contribution in [2.75, 3.05) is 0 Å². The van der Waals surface area contributed by atoms with Crippen LogP contribution in [0.2, 0.25) is 0 Å². The van der Waals surface area contributed by atoms with Crippen LogP contribution in [-0.4, -0.2) is 15.0 Å². The normalized spacial score (nSPS) is 11.3. The summed E-state index contributed by atoms with van der Waals surface area (Å²) in [7, 11) is 0. The minimum atomic E-state index is 0. The Balaban J connectivity index is 0.000000204. The van der Waals surface area contributed by atoms with Crippen molar-refractivity contribution in [2.24, 2.45) is 5.41 Å². The third-order valence-corrected chi connectivity index (χ3v) is 7.65. The third-order valence-electron chi connectivity index (χ3n) is 7.65.